The molecule has 0 saturated heterocycles. The van der Waals surface area contributed by atoms with Gasteiger partial charge in [0.15, 0.2) is 11.5 Å². The fourth-order valence-electron chi connectivity index (χ4n) is 2.94. The van der Waals surface area contributed by atoms with Crippen molar-refractivity contribution in [2.45, 2.75) is 20.0 Å². The van der Waals surface area contributed by atoms with Crippen LogP contribution in [0, 0.1) is 17.0 Å². The first kappa shape index (κ1) is 23.7. The van der Waals surface area contributed by atoms with Crippen molar-refractivity contribution in [2.75, 3.05) is 19.5 Å². The fraction of sp³-hybridized carbons (Fsp3) is 0.227. The summed E-state index contributed by atoms with van der Waals surface area (Å²) in [4.78, 5) is 39.8. The van der Waals surface area contributed by atoms with Gasteiger partial charge < -0.3 is 19.5 Å². The van der Waals surface area contributed by atoms with Gasteiger partial charge in [-0.2, -0.15) is 0 Å². The highest BCUT2D eigenvalue weighted by atomic mass is 32.1. The first-order chi connectivity index (χ1) is 15.8. The average molecular weight is 471 g/mol. The molecule has 0 aliphatic heterocycles. The Labute approximate surface area is 193 Å². The maximum atomic E-state index is 12.5. The number of amides is 1. The van der Waals surface area contributed by atoms with Crippen LogP contribution in [0.5, 0.6) is 11.5 Å². The van der Waals surface area contributed by atoms with Gasteiger partial charge in [0.2, 0.25) is 5.91 Å². The lowest BCUT2D eigenvalue weighted by molar-refractivity contribution is -0.385. The Morgan fingerprint density at radius 3 is 2.52 bits per heavy atom. The van der Waals surface area contributed by atoms with Gasteiger partial charge in [-0.05, 0) is 18.6 Å². The number of thiazole rings is 1. The number of nitro groups is 1. The summed E-state index contributed by atoms with van der Waals surface area (Å²) in [6.07, 6.45) is 0.0636. The number of nitro benzene ring substituents is 1. The van der Waals surface area contributed by atoms with E-state index in [2.05, 4.69) is 10.3 Å². The number of ether oxygens (including phenoxy) is 3. The highest BCUT2D eigenvalue weighted by molar-refractivity contribution is 7.09. The summed E-state index contributed by atoms with van der Waals surface area (Å²) in [5.74, 6) is -0.850. The number of nitrogens with one attached hydrogen (secondary N) is 1. The summed E-state index contributed by atoms with van der Waals surface area (Å²) in [6.45, 7) is 1.69. The zero-order chi connectivity index (χ0) is 24.0. The monoisotopic (exact) mass is 471 g/mol. The van der Waals surface area contributed by atoms with E-state index < -0.39 is 16.6 Å². The van der Waals surface area contributed by atoms with Gasteiger partial charge in [-0.15, -0.1) is 11.3 Å². The van der Waals surface area contributed by atoms with E-state index >= 15 is 0 Å². The van der Waals surface area contributed by atoms with E-state index in [1.807, 2.05) is 31.2 Å². The second kappa shape index (κ2) is 10.6. The van der Waals surface area contributed by atoms with Crippen molar-refractivity contribution >= 4 is 34.6 Å². The topological polar surface area (TPSA) is 130 Å². The molecule has 0 aliphatic carbocycles. The number of hydrogen-bond donors (Lipinski definition) is 1. The maximum absolute atomic E-state index is 12.5. The van der Waals surface area contributed by atoms with E-state index in [1.165, 1.54) is 31.6 Å². The molecule has 0 fully saturated rings. The lowest BCUT2D eigenvalue weighted by Gasteiger charge is -2.10. The number of carbonyl (C=O) groups is 2. The summed E-state index contributed by atoms with van der Waals surface area (Å²) >= 11 is 1.25. The second-order valence-electron chi connectivity index (χ2n) is 6.83. The Morgan fingerprint density at radius 1 is 1.15 bits per heavy atom. The molecular formula is C22H21N3O7S. The number of para-hydroxylation sites is 1. The Kier molecular flexibility index (Phi) is 7.57. The number of hydrogen-bond acceptors (Lipinski definition) is 9. The molecule has 3 aromatic rings. The third-order valence-electron chi connectivity index (χ3n) is 4.60. The number of carbonyl (C=O) groups excluding carboxylic acids is 2. The van der Waals surface area contributed by atoms with Crippen LogP contribution in [0.4, 0.5) is 11.4 Å². The van der Waals surface area contributed by atoms with Crippen LogP contribution in [0.25, 0.3) is 0 Å². The third kappa shape index (κ3) is 5.83. The number of aryl methyl sites for hydroxylation is 1. The molecule has 172 valence electrons. The second-order valence-corrected chi connectivity index (χ2v) is 7.77. The molecule has 3 rings (SSSR count). The van der Waals surface area contributed by atoms with Gasteiger partial charge in [0.25, 0.3) is 5.69 Å². The molecule has 0 saturated carbocycles. The van der Waals surface area contributed by atoms with Crippen molar-refractivity contribution in [1.82, 2.24) is 4.98 Å². The molecule has 0 bridgehead atoms. The van der Waals surface area contributed by atoms with Gasteiger partial charge in [0, 0.05) is 17.1 Å². The van der Waals surface area contributed by atoms with Gasteiger partial charge in [0.05, 0.1) is 37.3 Å². The standard InChI is InChI=1S/C22H21N3O7S/c1-13-6-4-5-7-16(13)24-20(26)10-21-23-14(12-33-21)11-32-22(27)15-8-18(30-2)19(31-3)9-17(15)25(28)29/h4-9,12H,10-11H2,1-3H3,(H,24,26). The summed E-state index contributed by atoms with van der Waals surface area (Å²) in [5.41, 5.74) is 1.36. The number of aromatic nitrogens is 1. The first-order valence-corrected chi connectivity index (χ1v) is 10.6. The van der Waals surface area contributed by atoms with Crippen LogP contribution in [0.1, 0.15) is 26.6 Å². The molecule has 0 unspecified atom stereocenters. The van der Waals surface area contributed by atoms with E-state index in [1.54, 1.807) is 5.38 Å². The van der Waals surface area contributed by atoms with Gasteiger partial charge in [0.1, 0.15) is 17.2 Å². The summed E-state index contributed by atoms with van der Waals surface area (Å²) in [5, 5.41) is 16.4. The van der Waals surface area contributed by atoms with E-state index in [0.717, 1.165) is 17.3 Å². The minimum Gasteiger partial charge on any atom is -0.493 e. The molecule has 1 aromatic heterocycles. The SMILES string of the molecule is COc1cc(C(=O)OCc2csc(CC(=O)Nc3ccccc3C)n2)c([N+](=O)[O-])cc1OC. The number of rotatable bonds is 9. The molecule has 0 spiro atoms. The molecule has 1 N–H and O–H groups in total. The Morgan fingerprint density at radius 2 is 1.85 bits per heavy atom. The lowest BCUT2D eigenvalue weighted by atomic mass is 10.1. The molecular weight excluding hydrogens is 450 g/mol. The summed E-state index contributed by atoms with van der Waals surface area (Å²) < 4.78 is 15.4. The summed E-state index contributed by atoms with van der Waals surface area (Å²) in [6, 6.07) is 9.73. The number of benzene rings is 2. The van der Waals surface area contributed by atoms with Gasteiger partial charge >= 0.3 is 5.97 Å². The predicted octanol–water partition coefficient (Wildman–Crippen LogP) is 3.92. The zero-order valence-corrected chi connectivity index (χ0v) is 18.9. The normalized spacial score (nSPS) is 10.4. The van der Waals surface area contributed by atoms with Gasteiger partial charge in [-0.3, -0.25) is 14.9 Å². The molecule has 10 nitrogen and oxygen atoms in total. The van der Waals surface area contributed by atoms with E-state index in [4.69, 9.17) is 14.2 Å². The highest BCUT2D eigenvalue weighted by Crippen LogP contribution is 2.35. The van der Waals surface area contributed by atoms with Crippen molar-refractivity contribution in [3.05, 3.63) is 73.7 Å². The third-order valence-corrected chi connectivity index (χ3v) is 5.50. The lowest BCUT2D eigenvalue weighted by Crippen LogP contribution is -2.15. The first-order valence-electron chi connectivity index (χ1n) is 9.68. The average Bonchev–Trinajstić information content (AvgIpc) is 3.24. The van der Waals surface area contributed by atoms with Crippen molar-refractivity contribution in [2.24, 2.45) is 0 Å². The van der Waals surface area contributed by atoms with Crippen molar-refractivity contribution in [3.63, 3.8) is 0 Å². The number of methoxy groups -OCH3 is 2. The molecule has 11 heteroatoms. The Hall–Kier alpha value is -3.99. The minimum atomic E-state index is -0.908. The van der Waals surface area contributed by atoms with Crippen LogP contribution in [0.2, 0.25) is 0 Å². The van der Waals surface area contributed by atoms with E-state index in [9.17, 15) is 19.7 Å². The van der Waals surface area contributed by atoms with Crippen molar-refractivity contribution < 1.29 is 28.7 Å². The van der Waals surface area contributed by atoms with Crippen LogP contribution < -0.4 is 14.8 Å². The quantitative estimate of drug-likeness (QED) is 0.282. The largest absolute Gasteiger partial charge is 0.493 e. The molecule has 1 heterocycles. The van der Waals surface area contributed by atoms with Crippen LogP contribution in [0.15, 0.2) is 41.8 Å². The smallest absolute Gasteiger partial charge is 0.345 e. The summed E-state index contributed by atoms with van der Waals surface area (Å²) in [7, 11) is 2.69. The van der Waals surface area contributed by atoms with Crippen molar-refractivity contribution in [3.8, 4) is 11.5 Å². The predicted molar refractivity (Wildman–Crippen MR) is 121 cm³/mol. The van der Waals surface area contributed by atoms with E-state index in [0.29, 0.717) is 10.7 Å². The number of nitrogens with zero attached hydrogens (tertiary/aromatic N) is 2. The van der Waals surface area contributed by atoms with E-state index in [-0.39, 0.29) is 36.0 Å². The Balaban J connectivity index is 1.64. The molecule has 0 atom stereocenters. The van der Waals surface area contributed by atoms with Crippen LogP contribution in [-0.2, 0) is 22.6 Å². The molecule has 2 aromatic carbocycles. The van der Waals surface area contributed by atoms with Crippen LogP contribution in [-0.4, -0.2) is 36.0 Å². The molecule has 33 heavy (non-hydrogen) atoms. The maximum Gasteiger partial charge on any atom is 0.345 e. The Bertz CT molecular complexity index is 1190. The minimum absolute atomic E-state index is 0.0636. The van der Waals surface area contributed by atoms with Crippen LogP contribution >= 0.6 is 11.3 Å². The zero-order valence-electron chi connectivity index (χ0n) is 18.1. The van der Waals surface area contributed by atoms with Crippen molar-refractivity contribution in [1.29, 1.82) is 0 Å². The van der Waals surface area contributed by atoms with Gasteiger partial charge in [-0.25, -0.2) is 9.78 Å². The van der Waals surface area contributed by atoms with Crippen LogP contribution in [0.3, 0.4) is 0 Å². The molecule has 0 radical (unpaired) electrons. The number of anilines is 1. The fourth-order valence-corrected chi connectivity index (χ4v) is 3.72. The highest BCUT2D eigenvalue weighted by Gasteiger charge is 2.26. The number of esters is 1. The molecule has 0 aliphatic rings. The molecule has 1 amide bonds. The van der Waals surface area contributed by atoms with Gasteiger partial charge in [-0.1, -0.05) is 18.2 Å².